The molecule has 0 saturated heterocycles. The van der Waals surface area contributed by atoms with Crippen molar-refractivity contribution in [3.8, 4) is 11.5 Å². The maximum Gasteiger partial charge on any atom is 0.115 e. The van der Waals surface area contributed by atoms with E-state index in [4.69, 9.17) is 5.11 Å². The van der Waals surface area contributed by atoms with E-state index >= 15 is 0 Å². The van der Waals surface area contributed by atoms with Gasteiger partial charge in [0.2, 0.25) is 0 Å². The minimum absolute atomic E-state index is 0.159. The molecule has 2 N–H and O–H groups in total. The largest absolute Gasteiger partial charge is 0.508 e. The quantitative estimate of drug-likeness (QED) is 0.621. The number of hydrogen-bond acceptors (Lipinski definition) is 2. The van der Waals surface area contributed by atoms with Crippen LogP contribution in [0.15, 0.2) is 48.5 Å². The molecule has 0 heterocycles. The molecule has 2 nitrogen and oxygen atoms in total. The molecule has 2 aromatic carbocycles. The van der Waals surface area contributed by atoms with Crippen LogP contribution in [0.5, 0.6) is 11.5 Å². The molecule has 144 valence electrons. The van der Waals surface area contributed by atoms with Gasteiger partial charge in [0, 0.05) is 0 Å². The highest BCUT2D eigenvalue weighted by molar-refractivity contribution is 5.31. The zero-order chi connectivity index (χ0) is 20.2. The molecule has 2 aromatic rings. The fraction of sp³-hybridized carbons (Fsp3) is 0.500. The van der Waals surface area contributed by atoms with Crippen molar-refractivity contribution in [3.63, 3.8) is 0 Å². The normalized spacial score (nSPS) is 12.3. The van der Waals surface area contributed by atoms with E-state index in [1.54, 1.807) is 24.3 Å². The van der Waals surface area contributed by atoms with Crippen molar-refractivity contribution >= 4 is 0 Å². The van der Waals surface area contributed by atoms with Gasteiger partial charge in [-0.25, -0.2) is 0 Å². The van der Waals surface area contributed by atoms with Gasteiger partial charge in [0.1, 0.15) is 11.5 Å². The average molecular weight is 357 g/mol. The second-order valence-electron chi connectivity index (χ2n) is 9.97. The Morgan fingerprint density at radius 2 is 0.923 bits per heavy atom. The average Bonchev–Trinajstić information content (AvgIpc) is 2.45. The Kier molecular flexibility index (Phi) is 6.93. The second kappa shape index (κ2) is 8.16. The maximum atomic E-state index is 9.25. The molecule has 0 aliphatic heterocycles. The SMILES string of the molecule is CC(C)(C)CC(C)(C)c1ccc(O)cc1.CC(C)(C)c1ccc(O)cc1. The zero-order valence-corrected chi connectivity index (χ0v) is 17.7. The second-order valence-corrected chi connectivity index (χ2v) is 9.97. The van der Waals surface area contributed by atoms with Gasteiger partial charge in [-0.3, -0.25) is 0 Å². The van der Waals surface area contributed by atoms with E-state index in [0.717, 1.165) is 6.42 Å². The van der Waals surface area contributed by atoms with Crippen molar-refractivity contribution in [2.24, 2.45) is 5.41 Å². The van der Waals surface area contributed by atoms with Crippen LogP contribution in [0.3, 0.4) is 0 Å². The lowest BCUT2D eigenvalue weighted by molar-refractivity contribution is 0.284. The minimum atomic E-state index is 0.159. The van der Waals surface area contributed by atoms with Gasteiger partial charge in [0.25, 0.3) is 0 Å². The van der Waals surface area contributed by atoms with Crippen molar-refractivity contribution in [2.75, 3.05) is 0 Å². The molecule has 2 rings (SSSR count). The minimum Gasteiger partial charge on any atom is -0.508 e. The maximum absolute atomic E-state index is 9.25. The van der Waals surface area contributed by atoms with Crippen molar-refractivity contribution in [1.29, 1.82) is 0 Å². The molecule has 0 saturated carbocycles. The van der Waals surface area contributed by atoms with Gasteiger partial charge >= 0.3 is 0 Å². The predicted octanol–water partition coefficient (Wildman–Crippen LogP) is 6.80. The van der Waals surface area contributed by atoms with Crippen LogP contribution >= 0.6 is 0 Å². The molecule has 0 bridgehead atoms. The van der Waals surface area contributed by atoms with E-state index in [1.165, 1.54) is 11.1 Å². The van der Waals surface area contributed by atoms with Gasteiger partial charge in [-0.1, -0.05) is 79.7 Å². The van der Waals surface area contributed by atoms with E-state index in [1.807, 2.05) is 24.3 Å². The van der Waals surface area contributed by atoms with Crippen LogP contribution in [-0.4, -0.2) is 10.2 Å². The van der Waals surface area contributed by atoms with Gasteiger partial charge in [-0.2, -0.15) is 0 Å². The lowest BCUT2D eigenvalue weighted by Gasteiger charge is -2.33. The summed E-state index contributed by atoms with van der Waals surface area (Å²) < 4.78 is 0. The first-order chi connectivity index (χ1) is 11.7. The molecule has 0 spiro atoms. The molecule has 0 aromatic heterocycles. The Morgan fingerprint density at radius 3 is 1.23 bits per heavy atom. The highest BCUT2D eigenvalue weighted by Crippen LogP contribution is 2.36. The Morgan fingerprint density at radius 1 is 0.577 bits per heavy atom. The third-order valence-electron chi connectivity index (χ3n) is 4.35. The standard InChI is InChI=1S/C14H22O.C10H14O/c1-13(2,3)10-14(4,5)11-6-8-12(15)9-7-11;1-10(2,3)8-4-6-9(11)7-5-8/h6-9,15H,10H2,1-5H3;4-7,11H,1-3H3. The first kappa shape index (κ1) is 22.1. The molecule has 26 heavy (non-hydrogen) atoms. The zero-order valence-electron chi connectivity index (χ0n) is 17.7. The molecule has 2 heteroatoms. The third kappa shape index (κ3) is 7.51. The number of aromatic hydroxyl groups is 2. The fourth-order valence-corrected chi connectivity index (χ4v) is 3.30. The van der Waals surface area contributed by atoms with Crippen molar-refractivity contribution < 1.29 is 10.2 Å². The van der Waals surface area contributed by atoms with Crippen LogP contribution in [0.1, 0.15) is 72.9 Å². The molecule has 0 unspecified atom stereocenters. The summed E-state index contributed by atoms with van der Waals surface area (Å²) in [6.45, 7) is 17.7. The predicted molar refractivity (Wildman–Crippen MR) is 112 cm³/mol. The number of hydrogen-bond donors (Lipinski definition) is 2. The van der Waals surface area contributed by atoms with Gasteiger partial charge in [-0.15, -0.1) is 0 Å². The van der Waals surface area contributed by atoms with Crippen LogP contribution in [-0.2, 0) is 10.8 Å². The summed E-state index contributed by atoms with van der Waals surface area (Å²) in [6.07, 6.45) is 1.13. The summed E-state index contributed by atoms with van der Waals surface area (Å²) in [4.78, 5) is 0. The number of benzene rings is 2. The monoisotopic (exact) mass is 356 g/mol. The molecule has 0 amide bonds. The summed E-state index contributed by atoms with van der Waals surface area (Å²) >= 11 is 0. The van der Waals surface area contributed by atoms with E-state index in [2.05, 4.69) is 55.4 Å². The molecule has 0 atom stereocenters. The van der Waals surface area contributed by atoms with E-state index in [-0.39, 0.29) is 10.8 Å². The Bertz CT molecular complexity index is 666. The molecular weight excluding hydrogens is 320 g/mol. The molecule has 0 aliphatic carbocycles. The van der Waals surface area contributed by atoms with Crippen molar-refractivity contribution in [3.05, 3.63) is 59.7 Å². The van der Waals surface area contributed by atoms with Gasteiger partial charge < -0.3 is 10.2 Å². The van der Waals surface area contributed by atoms with Gasteiger partial charge in [-0.05, 0) is 58.1 Å². The topological polar surface area (TPSA) is 40.5 Å². The number of rotatable bonds is 2. The first-order valence-electron chi connectivity index (χ1n) is 9.30. The van der Waals surface area contributed by atoms with E-state index in [9.17, 15) is 5.11 Å². The summed E-state index contributed by atoms with van der Waals surface area (Å²) in [7, 11) is 0. The Labute approximate surface area is 159 Å². The molecule has 0 fully saturated rings. The van der Waals surface area contributed by atoms with E-state index in [0.29, 0.717) is 16.9 Å². The first-order valence-corrected chi connectivity index (χ1v) is 9.30. The van der Waals surface area contributed by atoms with Crippen molar-refractivity contribution in [1.82, 2.24) is 0 Å². The van der Waals surface area contributed by atoms with Crippen molar-refractivity contribution in [2.45, 2.75) is 72.6 Å². The molecule has 0 radical (unpaired) electrons. The summed E-state index contributed by atoms with van der Waals surface area (Å²) in [5.41, 5.74) is 3.19. The van der Waals surface area contributed by atoms with Crippen LogP contribution in [0.4, 0.5) is 0 Å². The highest BCUT2D eigenvalue weighted by Gasteiger charge is 2.26. The molecule has 0 aliphatic rings. The summed E-state index contributed by atoms with van der Waals surface area (Å²) in [5, 5.41) is 18.3. The molecular formula is C24H36O2. The lowest BCUT2D eigenvalue weighted by atomic mass is 9.72. The summed E-state index contributed by atoms with van der Waals surface area (Å²) in [6, 6.07) is 14.9. The fourth-order valence-electron chi connectivity index (χ4n) is 3.30. The number of phenols is 2. The third-order valence-corrected chi connectivity index (χ3v) is 4.35. The van der Waals surface area contributed by atoms with Gasteiger partial charge in [0.15, 0.2) is 0 Å². The Balaban J connectivity index is 0.000000273. The lowest BCUT2D eigenvalue weighted by Crippen LogP contribution is -2.24. The smallest absolute Gasteiger partial charge is 0.115 e. The van der Waals surface area contributed by atoms with Gasteiger partial charge in [0.05, 0.1) is 0 Å². The number of phenolic OH excluding ortho intramolecular Hbond substituents is 2. The van der Waals surface area contributed by atoms with Crippen LogP contribution in [0.25, 0.3) is 0 Å². The Hall–Kier alpha value is -1.96. The summed E-state index contributed by atoms with van der Waals surface area (Å²) in [5.74, 6) is 0.670. The highest BCUT2D eigenvalue weighted by atomic mass is 16.3. The van der Waals surface area contributed by atoms with Crippen LogP contribution < -0.4 is 0 Å². The van der Waals surface area contributed by atoms with Crippen LogP contribution in [0.2, 0.25) is 0 Å². The van der Waals surface area contributed by atoms with E-state index < -0.39 is 0 Å². The van der Waals surface area contributed by atoms with Crippen LogP contribution in [0, 0.1) is 5.41 Å².